The molecule has 0 amide bonds. The van der Waals surface area contributed by atoms with Gasteiger partial charge >= 0.3 is 5.97 Å². The van der Waals surface area contributed by atoms with Gasteiger partial charge in [-0.3, -0.25) is 4.79 Å². The summed E-state index contributed by atoms with van der Waals surface area (Å²) in [5, 5.41) is 0. The van der Waals surface area contributed by atoms with Gasteiger partial charge in [0.1, 0.15) is 5.60 Å². The van der Waals surface area contributed by atoms with Gasteiger partial charge in [0.25, 0.3) is 0 Å². The Bertz CT molecular complexity index is 419. The average Bonchev–Trinajstić information content (AvgIpc) is 2.29. The van der Waals surface area contributed by atoms with E-state index in [2.05, 4.69) is 12.6 Å². The Morgan fingerprint density at radius 1 is 1.17 bits per heavy atom. The number of carbonyl (C=O) groups is 1. The van der Waals surface area contributed by atoms with Crippen molar-refractivity contribution in [2.45, 2.75) is 51.5 Å². The second-order valence-corrected chi connectivity index (χ2v) is 6.20. The Kier molecular flexibility index (Phi) is 4.49. The van der Waals surface area contributed by atoms with E-state index >= 15 is 0 Å². The van der Waals surface area contributed by atoms with Gasteiger partial charge < -0.3 is 4.74 Å². The molecule has 0 aliphatic heterocycles. The number of hydrogen-bond acceptors (Lipinski definition) is 3. The minimum Gasteiger partial charge on any atom is -0.454 e. The smallest absolute Gasteiger partial charge is 0.312 e. The highest BCUT2D eigenvalue weighted by molar-refractivity contribution is 7.80. The summed E-state index contributed by atoms with van der Waals surface area (Å²) in [6.07, 6.45) is 0.761. The van der Waals surface area contributed by atoms with Gasteiger partial charge in [-0.05, 0) is 51.8 Å². The molecule has 0 aliphatic carbocycles. The second-order valence-electron chi connectivity index (χ2n) is 5.68. The van der Waals surface area contributed by atoms with Gasteiger partial charge in [0.05, 0.1) is 5.41 Å². The number of benzene rings is 1. The predicted molar refractivity (Wildman–Crippen MR) is 76.9 cm³/mol. The molecule has 0 radical (unpaired) electrons. The maximum Gasteiger partial charge on any atom is 0.312 e. The summed E-state index contributed by atoms with van der Waals surface area (Å²) in [7, 11) is 0. The maximum absolute atomic E-state index is 12.1. The molecule has 0 fully saturated rings. The topological polar surface area (TPSA) is 26.3 Å². The van der Waals surface area contributed by atoms with Crippen LogP contribution in [0.2, 0.25) is 0 Å². The van der Waals surface area contributed by atoms with Gasteiger partial charge in [0.2, 0.25) is 0 Å². The van der Waals surface area contributed by atoms with E-state index in [9.17, 15) is 4.79 Å². The van der Waals surface area contributed by atoms with Crippen LogP contribution in [0.4, 0.5) is 0 Å². The average molecular weight is 266 g/mol. The standard InChI is InChI=1S/C15H22O2S/c1-6-14(2,3)13(16)17-15(4,5)11-7-9-12(18)10-8-11/h7-10,18H,6H2,1-5H3. The minimum absolute atomic E-state index is 0.162. The zero-order valence-corrected chi connectivity index (χ0v) is 12.7. The fourth-order valence-corrected chi connectivity index (χ4v) is 1.59. The number of ether oxygens (including phenoxy) is 1. The lowest BCUT2D eigenvalue weighted by molar-refractivity contribution is -0.168. The summed E-state index contributed by atoms with van der Waals surface area (Å²) < 4.78 is 5.66. The normalized spacial score (nSPS) is 12.3. The molecule has 0 saturated heterocycles. The summed E-state index contributed by atoms with van der Waals surface area (Å²) in [4.78, 5) is 13.0. The van der Waals surface area contributed by atoms with Crippen LogP contribution in [0.15, 0.2) is 29.2 Å². The molecular weight excluding hydrogens is 244 g/mol. The number of hydrogen-bond donors (Lipinski definition) is 1. The first kappa shape index (κ1) is 15.1. The molecule has 1 aromatic carbocycles. The van der Waals surface area contributed by atoms with Crippen LogP contribution < -0.4 is 0 Å². The second kappa shape index (κ2) is 5.35. The highest BCUT2D eigenvalue weighted by Crippen LogP contribution is 2.30. The molecule has 0 bridgehead atoms. The fourth-order valence-electron chi connectivity index (χ4n) is 1.44. The Balaban J connectivity index is 2.88. The molecule has 0 N–H and O–H groups in total. The first-order valence-electron chi connectivity index (χ1n) is 6.22. The molecule has 18 heavy (non-hydrogen) atoms. The minimum atomic E-state index is -0.620. The van der Waals surface area contributed by atoms with E-state index in [4.69, 9.17) is 4.74 Å². The molecule has 0 atom stereocenters. The van der Waals surface area contributed by atoms with Crippen LogP contribution in [0.3, 0.4) is 0 Å². The van der Waals surface area contributed by atoms with Crippen LogP contribution in [0.5, 0.6) is 0 Å². The highest BCUT2D eigenvalue weighted by Gasteiger charge is 2.33. The van der Waals surface area contributed by atoms with E-state index in [-0.39, 0.29) is 5.97 Å². The van der Waals surface area contributed by atoms with E-state index in [1.165, 1.54) is 0 Å². The van der Waals surface area contributed by atoms with E-state index in [0.29, 0.717) is 0 Å². The summed E-state index contributed by atoms with van der Waals surface area (Å²) in [6.45, 7) is 9.61. The van der Waals surface area contributed by atoms with Crippen molar-refractivity contribution in [1.82, 2.24) is 0 Å². The Labute approximate surface area is 115 Å². The van der Waals surface area contributed by atoms with Crippen LogP contribution in [0.1, 0.15) is 46.6 Å². The van der Waals surface area contributed by atoms with Gasteiger partial charge in [-0.2, -0.15) is 0 Å². The van der Waals surface area contributed by atoms with Crippen molar-refractivity contribution in [3.63, 3.8) is 0 Å². The molecule has 0 saturated carbocycles. The quantitative estimate of drug-likeness (QED) is 0.653. The molecule has 1 aromatic rings. The van der Waals surface area contributed by atoms with Gasteiger partial charge in [0.15, 0.2) is 0 Å². The third kappa shape index (κ3) is 3.52. The Morgan fingerprint density at radius 2 is 1.67 bits per heavy atom. The number of carbonyl (C=O) groups excluding carboxylic acids is 1. The molecule has 2 nitrogen and oxygen atoms in total. The maximum atomic E-state index is 12.1. The Hall–Kier alpha value is -0.960. The fraction of sp³-hybridized carbons (Fsp3) is 0.533. The van der Waals surface area contributed by atoms with Crippen molar-refractivity contribution >= 4 is 18.6 Å². The van der Waals surface area contributed by atoms with Crippen molar-refractivity contribution < 1.29 is 9.53 Å². The van der Waals surface area contributed by atoms with Gasteiger partial charge in [-0.25, -0.2) is 0 Å². The molecule has 100 valence electrons. The molecule has 0 heterocycles. The van der Waals surface area contributed by atoms with E-state index < -0.39 is 11.0 Å². The summed E-state index contributed by atoms with van der Waals surface area (Å²) in [5.74, 6) is -0.162. The van der Waals surface area contributed by atoms with Crippen molar-refractivity contribution in [1.29, 1.82) is 0 Å². The molecule has 0 aliphatic rings. The zero-order chi connectivity index (χ0) is 14.0. The number of thiol groups is 1. The van der Waals surface area contributed by atoms with Gasteiger partial charge in [-0.15, -0.1) is 12.6 Å². The zero-order valence-electron chi connectivity index (χ0n) is 11.8. The SMILES string of the molecule is CCC(C)(C)C(=O)OC(C)(C)c1ccc(S)cc1. The van der Waals surface area contributed by atoms with Crippen LogP contribution in [0.25, 0.3) is 0 Å². The largest absolute Gasteiger partial charge is 0.454 e. The monoisotopic (exact) mass is 266 g/mol. The van der Waals surface area contributed by atoms with E-state index in [0.717, 1.165) is 16.9 Å². The van der Waals surface area contributed by atoms with Crippen LogP contribution >= 0.6 is 12.6 Å². The van der Waals surface area contributed by atoms with Crippen molar-refractivity contribution in [3.05, 3.63) is 29.8 Å². The molecule has 3 heteroatoms. The third-order valence-corrected chi connectivity index (χ3v) is 3.64. The van der Waals surface area contributed by atoms with Gasteiger partial charge in [0, 0.05) is 4.90 Å². The van der Waals surface area contributed by atoms with Crippen LogP contribution in [0, 0.1) is 5.41 Å². The van der Waals surface area contributed by atoms with Crippen molar-refractivity contribution in [2.24, 2.45) is 5.41 Å². The first-order chi connectivity index (χ1) is 8.19. The lowest BCUT2D eigenvalue weighted by Crippen LogP contribution is -2.33. The van der Waals surface area contributed by atoms with Crippen molar-refractivity contribution in [3.8, 4) is 0 Å². The lowest BCUT2D eigenvalue weighted by Gasteiger charge is -2.30. The summed E-state index contributed by atoms with van der Waals surface area (Å²) in [5.41, 5.74) is -0.0910. The lowest BCUT2D eigenvalue weighted by atomic mass is 9.89. The van der Waals surface area contributed by atoms with E-state index in [1.807, 2.05) is 58.9 Å². The predicted octanol–water partition coefficient (Wildman–Crippen LogP) is 4.19. The molecule has 1 rings (SSSR count). The number of esters is 1. The molecule has 0 spiro atoms. The third-order valence-electron chi connectivity index (χ3n) is 3.35. The molecule has 0 unspecified atom stereocenters. The van der Waals surface area contributed by atoms with E-state index in [1.54, 1.807) is 0 Å². The van der Waals surface area contributed by atoms with Crippen molar-refractivity contribution in [2.75, 3.05) is 0 Å². The molecular formula is C15H22O2S. The highest BCUT2D eigenvalue weighted by atomic mass is 32.1. The molecule has 0 aromatic heterocycles. The summed E-state index contributed by atoms with van der Waals surface area (Å²) in [6, 6.07) is 7.68. The number of rotatable bonds is 4. The van der Waals surface area contributed by atoms with Crippen LogP contribution in [-0.2, 0) is 15.1 Å². The first-order valence-corrected chi connectivity index (χ1v) is 6.67. The summed E-state index contributed by atoms with van der Waals surface area (Å²) >= 11 is 4.25. The van der Waals surface area contributed by atoms with Gasteiger partial charge in [-0.1, -0.05) is 19.1 Å². The van der Waals surface area contributed by atoms with Crippen LogP contribution in [-0.4, -0.2) is 5.97 Å². The Morgan fingerprint density at radius 3 is 2.11 bits per heavy atom.